The van der Waals surface area contributed by atoms with E-state index in [4.69, 9.17) is 20.4 Å². The number of benzene rings is 10. The van der Waals surface area contributed by atoms with Crippen LogP contribution >= 0.6 is 0 Å². The fourth-order valence-electron chi connectivity index (χ4n) is 8.84. The zero-order chi connectivity index (χ0) is 64.2. The van der Waals surface area contributed by atoms with Crippen molar-refractivity contribution in [3.05, 3.63) is 324 Å². The molecule has 0 aliphatic heterocycles. The number of hydrogen-bond donors (Lipinski definition) is 7. The van der Waals surface area contributed by atoms with Crippen LogP contribution in [0.5, 0.6) is 0 Å². The molecule has 7 nitrogen and oxygen atoms in total. The normalized spacial score (nSPS) is 11.4. The smallest absolute Gasteiger partial charge is 0.0840 e. The molecule has 0 aliphatic carbocycles. The van der Waals surface area contributed by atoms with E-state index in [0.29, 0.717) is 19.3 Å². The van der Waals surface area contributed by atoms with Crippen LogP contribution < -0.4 is 0 Å². The highest BCUT2D eigenvalue weighted by Gasteiger charge is 2.15. The van der Waals surface area contributed by atoms with E-state index >= 15 is 0 Å². The standard InChI is InChI=1S/C16H18.C14H14O.C13H12O.C10H14O2.C10H14O.2C9H12O/c1-16(2,3)15-11-9-14(10-12-15)13-7-5-4-6-8-13;1-11(15)12-7-9-14(10-8-12)13-5-3-2-4-6-13;14-10-11-6-8-13(9-7-11)12-4-2-1-3-5-12;11-7-5-9-1-2-10(4-3-9)6-8-12;1-10(2,11)8-9-6-4-3-5-7-9;1-9(2,10)8-6-4-3-5-7-8;1-8(10)7-9-5-3-2-4-6-9/h4-12H,1-3H3;2-11,15H,1H3;1-9,14H,10H2;1-4,11-12H,5-8H2;3-7,11H,8H2,1-2H3;3-7,10H,1-2H3;2-6,8,10H,7H2,1H3. The molecule has 0 spiro atoms. The lowest BCUT2D eigenvalue weighted by Crippen LogP contribution is -2.21. The van der Waals surface area contributed by atoms with Crippen LogP contribution in [0.3, 0.4) is 0 Å². The number of rotatable bonds is 14. The van der Waals surface area contributed by atoms with Crippen molar-refractivity contribution in [3.8, 4) is 33.4 Å². The van der Waals surface area contributed by atoms with Crippen molar-refractivity contribution in [2.75, 3.05) is 13.2 Å². The summed E-state index contributed by atoms with van der Waals surface area (Å²) in [6, 6.07) is 93.3. The SMILES string of the molecule is CC(C)(C)c1ccc(-c2ccccc2)cc1.CC(C)(O)Cc1ccccc1.CC(C)(O)c1ccccc1.CC(O)Cc1ccccc1.CC(O)c1ccc(-c2ccccc2)cc1.OCCc1ccc(CCO)cc1.OCc1ccc(-c2ccccc2)cc1. The molecule has 88 heavy (non-hydrogen) atoms. The first-order valence-electron chi connectivity index (χ1n) is 30.4. The second-order valence-corrected chi connectivity index (χ2v) is 23.8. The molecule has 10 aromatic rings. The molecule has 0 aliphatic rings. The highest BCUT2D eigenvalue weighted by atomic mass is 16.3. The van der Waals surface area contributed by atoms with E-state index in [2.05, 4.69) is 93.6 Å². The summed E-state index contributed by atoms with van der Waals surface area (Å²) in [5, 5.41) is 63.6. The first kappa shape index (κ1) is 72.4. The summed E-state index contributed by atoms with van der Waals surface area (Å²) in [6.45, 7) is 18.0. The fourth-order valence-corrected chi connectivity index (χ4v) is 8.84. The van der Waals surface area contributed by atoms with Crippen LogP contribution in [0.2, 0.25) is 0 Å². The van der Waals surface area contributed by atoms with Gasteiger partial charge >= 0.3 is 0 Å². The lowest BCUT2D eigenvalue weighted by atomic mass is 9.86. The molecule has 0 fully saturated rings. The predicted molar refractivity (Wildman–Crippen MR) is 369 cm³/mol. The van der Waals surface area contributed by atoms with Crippen LogP contribution in [0.4, 0.5) is 0 Å². The van der Waals surface area contributed by atoms with Crippen molar-refractivity contribution in [2.24, 2.45) is 0 Å². The van der Waals surface area contributed by atoms with E-state index in [1.807, 2.05) is 220 Å². The molecule has 7 N–H and O–H groups in total. The van der Waals surface area contributed by atoms with Gasteiger partial charge in [0.1, 0.15) is 0 Å². The largest absolute Gasteiger partial charge is 0.396 e. The van der Waals surface area contributed by atoms with E-state index in [0.717, 1.165) is 34.2 Å². The van der Waals surface area contributed by atoms with Gasteiger partial charge in [-0.05, 0) is 144 Å². The van der Waals surface area contributed by atoms with Gasteiger partial charge < -0.3 is 35.7 Å². The maximum absolute atomic E-state index is 9.49. The van der Waals surface area contributed by atoms with Crippen LogP contribution in [0.25, 0.3) is 33.4 Å². The molecular formula is C81H96O7. The zero-order valence-corrected chi connectivity index (χ0v) is 53.3. The minimum absolute atomic E-state index is 0.106. The lowest BCUT2D eigenvalue weighted by Gasteiger charge is -2.19. The second-order valence-electron chi connectivity index (χ2n) is 23.8. The molecule has 0 saturated carbocycles. The molecular weight excluding hydrogens is 1080 g/mol. The first-order valence-corrected chi connectivity index (χ1v) is 30.4. The Labute approximate surface area is 526 Å². The predicted octanol–water partition coefficient (Wildman–Crippen LogP) is 17.2. The maximum Gasteiger partial charge on any atom is 0.0840 e. The Hall–Kier alpha value is -8.08. The van der Waals surface area contributed by atoms with Crippen molar-refractivity contribution in [2.45, 2.75) is 123 Å². The first-order chi connectivity index (χ1) is 42.1. The van der Waals surface area contributed by atoms with Gasteiger partial charge in [-0.2, -0.15) is 0 Å². The Morgan fingerprint density at radius 1 is 0.318 bits per heavy atom. The molecule has 2 atom stereocenters. The summed E-state index contributed by atoms with van der Waals surface area (Å²) in [6.07, 6.45) is 2.25. The molecule has 0 saturated heterocycles. The summed E-state index contributed by atoms with van der Waals surface area (Å²) in [5.74, 6) is 0. The van der Waals surface area contributed by atoms with Gasteiger partial charge in [0.2, 0.25) is 0 Å². The van der Waals surface area contributed by atoms with Gasteiger partial charge in [0.25, 0.3) is 0 Å². The van der Waals surface area contributed by atoms with Gasteiger partial charge in [-0.15, -0.1) is 0 Å². The Bertz CT molecular complexity index is 3290. The minimum atomic E-state index is -0.707. The van der Waals surface area contributed by atoms with E-state index in [1.54, 1.807) is 27.7 Å². The van der Waals surface area contributed by atoms with E-state index in [9.17, 15) is 15.3 Å². The third-order valence-electron chi connectivity index (χ3n) is 13.8. The summed E-state index contributed by atoms with van der Waals surface area (Å²) in [5.41, 5.74) is 15.2. The summed E-state index contributed by atoms with van der Waals surface area (Å²) in [7, 11) is 0. The van der Waals surface area contributed by atoms with Gasteiger partial charge in [-0.3, -0.25) is 0 Å². The molecule has 10 aromatic carbocycles. The Morgan fingerprint density at radius 2 is 0.625 bits per heavy atom. The number of aliphatic hydroxyl groups excluding tert-OH is 5. The van der Waals surface area contributed by atoms with Gasteiger partial charge in [0, 0.05) is 19.6 Å². The van der Waals surface area contributed by atoms with Gasteiger partial charge in [0.05, 0.1) is 30.0 Å². The van der Waals surface area contributed by atoms with Crippen molar-refractivity contribution < 1.29 is 35.7 Å². The summed E-state index contributed by atoms with van der Waals surface area (Å²) in [4.78, 5) is 0. The van der Waals surface area contributed by atoms with Crippen LogP contribution in [-0.4, -0.2) is 60.7 Å². The van der Waals surface area contributed by atoms with Crippen molar-refractivity contribution in [1.29, 1.82) is 0 Å². The topological polar surface area (TPSA) is 142 Å². The average Bonchev–Trinajstić information content (AvgIpc) is 3.22. The molecule has 0 radical (unpaired) electrons. The molecule has 7 heteroatoms. The van der Waals surface area contributed by atoms with Crippen molar-refractivity contribution in [3.63, 3.8) is 0 Å². The van der Waals surface area contributed by atoms with Crippen LogP contribution in [0.15, 0.2) is 279 Å². The van der Waals surface area contributed by atoms with Gasteiger partial charge in [0.15, 0.2) is 0 Å². The van der Waals surface area contributed by atoms with E-state index in [-0.39, 0.29) is 31.3 Å². The molecule has 0 amide bonds. The molecule has 10 rings (SSSR count). The molecule has 0 aromatic heterocycles. The van der Waals surface area contributed by atoms with Crippen LogP contribution in [-0.2, 0) is 43.3 Å². The number of aliphatic hydroxyl groups is 7. The third-order valence-corrected chi connectivity index (χ3v) is 13.8. The van der Waals surface area contributed by atoms with Crippen molar-refractivity contribution >= 4 is 0 Å². The summed E-state index contributed by atoms with van der Waals surface area (Å²) >= 11 is 0. The quantitative estimate of drug-likeness (QED) is 0.0575. The van der Waals surface area contributed by atoms with E-state index in [1.165, 1.54) is 50.1 Å². The van der Waals surface area contributed by atoms with Crippen molar-refractivity contribution in [1.82, 2.24) is 0 Å². The molecule has 0 heterocycles. The second kappa shape index (κ2) is 38.9. The van der Waals surface area contributed by atoms with Gasteiger partial charge in [-0.25, -0.2) is 0 Å². The van der Waals surface area contributed by atoms with Crippen LogP contribution in [0.1, 0.15) is 113 Å². The fraction of sp³-hybridized carbons (Fsp3) is 0.259. The Morgan fingerprint density at radius 3 is 0.920 bits per heavy atom. The number of hydrogen-bond acceptors (Lipinski definition) is 7. The highest BCUT2D eigenvalue weighted by molar-refractivity contribution is 5.65. The lowest BCUT2D eigenvalue weighted by molar-refractivity contribution is 0.0784. The average molecular weight is 1180 g/mol. The van der Waals surface area contributed by atoms with Crippen LogP contribution in [0, 0.1) is 0 Å². The minimum Gasteiger partial charge on any atom is -0.396 e. The summed E-state index contributed by atoms with van der Waals surface area (Å²) < 4.78 is 0. The maximum atomic E-state index is 9.49. The Balaban J connectivity index is 0.000000221. The molecule has 2 unspecified atom stereocenters. The molecule has 0 bridgehead atoms. The highest BCUT2D eigenvalue weighted by Crippen LogP contribution is 2.27. The zero-order valence-electron chi connectivity index (χ0n) is 53.3. The Kier molecular flexibility index (Phi) is 32.0. The van der Waals surface area contributed by atoms with Gasteiger partial charge in [-0.1, -0.05) is 300 Å². The third kappa shape index (κ3) is 29.5. The van der Waals surface area contributed by atoms with E-state index < -0.39 is 17.3 Å². The monoisotopic (exact) mass is 1180 g/mol. The molecule has 462 valence electrons.